The van der Waals surface area contributed by atoms with Crippen molar-refractivity contribution in [2.75, 3.05) is 13.7 Å². The molecule has 7 heteroatoms. The van der Waals surface area contributed by atoms with Crippen molar-refractivity contribution in [3.8, 4) is 5.75 Å². The highest BCUT2D eigenvalue weighted by atomic mass is 16.5. The molecule has 0 unspecified atom stereocenters. The number of rotatable bonds is 15. The molecule has 0 aliphatic carbocycles. The van der Waals surface area contributed by atoms with Crippen LogP contribution in [0.3, 0.4) is 0 Å². The molecule has 0 fully saturated rings. The summed E-state index contributed by atoms with van der Waals surface area (Å²) in [6.45, 7) is 10.1. The third-order valence-electron chi connectivity index (χ3n) is 5.93. The summed E-state index contributed by atoms with van der Waals surface area (Å²) in [5.74, 6) is -0.523. The van der Waals surface area contributed by atoms with Gasteiger partial charge in [-0.25, -0.2) is 4.79 Å². The molecule has 0 heterocycles. The van der Waals surface area contributed by atoms with Crippen LogP contribution in [0.25, 0.3) is 0 Å². The molecule has 204 valence electrons. The summed E-state index contributed by atoms with van der Waals surface area (Å²) in [7, 11) is 1.58. The summed E-state index contributed by atoms with van der Waals surface area (Å²) in [5.41, 5.74) is 2.48. The largest absolute Gasteiger partial charge is 0.497 e. The second-order valence-corrected chi connectivity index (χ2v) is 8.65. The fourth-order valence-corrected chi connectivity index (χ4v) is 3.81. The molecular formula is C32H35NO6. The molecule has 0 saturated heterocycles. The normalized spacial score (nSPS) is 12.2. The first-order valence-corrected chi connectivity index (χ1v) is 12.7. The topological polar surface area (TPSA) is 74.3 Å². The van der Waals surface area contributed by atoms with E-state index in [1.165, 1.54) is 11.0 Å². The smallest absolute Gasteiger partial charge is 0.354 e. The Balaban J connectivity index is 1.92. The van der Waals surface area contributed by atoms with Crippen molar-refractivity contribution in [3.63, 3.8) is 0 Å². The van der Waals surface area contributed by atoms with Gasteiger partial charge in [0.25, 0.3) is 5.91 Å². The average Bonchev–Trinajstić information content (AvgIpc) is 2.98. The molecule has 0 bridgehead atoms. The lowest BCUT2D eigenvalue weighted by atomic mass is 10.1. The SMILES string of the molecule is C=C[C@@H](OCc1ccccc1)[C@@H](OCc1ccccc1)C(=O)N(Cc1ccc(OC)cc1)C(=C)C(=O)OCC. The van der Waals surface area contributed by atoms with Crippen LogP contribution in [0.15, 0.2) is 110 Å². The molecule has 0 radical (unpaired) electrons. The van der Waals surface area contributed by atoms with E-state index in [0.29, 0.717) is 5.75 Å². The number of esters is 1. The van der Waals surface area contributed by atoms with Crippen molar-refractivity contribution >= 4 is 11.9 Å². The van der Waals surface area contributed by atoms with Gasteiger partial charge in [0, 0.05) is 0 Å². The van der Waals surface area contributed by atoms with Crippen LogP contribution in [0.2, 0.25) is 0 Å². The monoisotopic (exact) mass is 529 g/mol. The molecule has 0 N–H and O–H groups in total. The number of methoxy groups -OCH3 is 1. The van der Waals surface area contributed by atoms with Crippen LogP contribution in [-0.2, 0) is 43.6 Å². The van der Waals surface area contributed by atoms with Gasteiger partial charge >= 0.3 is 5.97 Å². The Morgan fingerprint density at radius 3 is 1.92 bits per heavy atom. The number of nitrogens with zero attached hydrogens (tertiary/aromatic N) is 1. The Bertz CT molecular complexity index is 1210. The molecule has 0 spiro atoms. The standard InChI is InChI=1S/C32H35NO6/c1-5-29(38-22-26-13-9-7-10-14-26)30(39-23-27-15-11-8-12-16-27)31(34)33(24(3)32(35)37-6-2)21-25-17-19-28(36-4)20-18-25/h5,7-20,29-30H,1,3,6,21-23H2,2,4H3/t29-,30-/m1/s1. The summed E-state index contributed by atoms with van der Waals surface area (Å²) in [5, 5.41) is 0. The number of hydrogen-bond donors (Lipinski definition) is 0. The zero-order chi connectivity index (χ0) is 28.0. The second-order valence-electron chi connectivity index (χ2n) is 8.65. The van der Waals surface area contributed by atoms with Gasteiger partial charge in [-0.05, 0) is 35.7 Å². The lowest BCUT2D eigenvalue weighted by Crippen LogP contribution is -2.47. The number of benzene rings is 3. The average molecular weight is 530 g/mol. The van der Waals surface area contributed by atoms with E-state index in [4.69, 9.17) is 18.9 Å². The van der Waals surface area contributed by atoms with Gasteiger partial charge in [0.1, 0.15) is 17.6 Å². The summed E-state index contributed by atoms with van der Waals surface area (Å²) in [4.78, 5) is 28.1. The molecule has 7 nitrogen and oxygen atoms in total. The van der Waals surface area contributed by atoms with Gasteiger partial charge in [0.2, 0.25) is 0 Å². The van der Waals surface area contributed by atoms with E-state index >= 15 is 0 Å². The van der Waals surface area contributed by atoms with E-state index in [0.717, 1.165) is 16.7 Å². The zero-order valence-electron chi connectivity index (χ0n) is 22.5. The minimum absolute atomic E-state index is 0.0637. The highest BCUT2D eigenvalue weighted by molar-refractivity contribution is 5.95. The zero-order valence-corrected chi connectivity index (χ0v) is 22.5. The fraction of sp³-hybridized carbons (Fsp3) is 0.250. The van der Waals surface area contributed by atoms with Crippen molar-refractivity contribution < 1.29 is 28.5 Å². The first-order chi connectivity index (χ1) is 19.0. The summed E-state index contributed by atoms with van der Waals surface area (Å²) in [6, 6.07) is 26.3. The maximum absolute atomic E-state index is 14.1. The van der Waals surface area contributed by atoms with Gasteiger partial charge < -0.3 is 18.9 Å². The predicted octanol–water partition coefficient (Wildman–Crippen LogP) is 5.46. The Kier molecular flexibility index (Phi) is 11.5. The predicted molar refractivity (Wildman–Crippen MR) is 150 cm³/mol. The molecular weight excluding hydrogens is 494 g/mol. The van der Waals surface area contributed by atoms with Crippen LogP contribution in [0.4, 0.5) is 0 Å². The van der Waals surface area contributed by atoms with E-state index in [9.17, 15) is 9.59 Å². The molecule has 3 aromatic carbocycles. The highest BCUT2D eigenvalue weighted by Gasteiger charge is 2.35. The molecule has 0 aliphatic rings. The van der Waals surface area contributed by atoms with Crippen molar-refractivity contribution in [2.45, 2.75) is 38.9 Å². The van der Waals surface area contributed by atoms with Gasteiger partial charge in [-0.15, -0.1) is 6.58 Å². The molecule has 39 heavy (non-hydrogen) atoms. The Morgan fingerprint density at radius 1 is 0.846 bits per heavy atom. The van der Waals surface area contributed by atoms with Crippen molar-refractivity contribution in [1.82, 2.24) is 4.90 Å². The maximum atomic E-state index is 14.1. The van der Waals surface area contributed by atoms with Gasteiger partial charge in [-0.2, -0.15) is 0 Å². The minimum Gasteiger partial charge on any atom is -0.497 e. The third-order valence-corrected chi connectivity index (χ3v) is 5.93. The summed E-state index contributed by atoms with van der Waals surface area (Å²) in [6.07, 6.45) is -0.388. The molecule has 0 aliphatic heterocycles. The number of amides is 1. The van der Waals surface area contributed by atoms with Gasteiger partial charge in [-0.3, -0.25) is 9.69 Å². The van der Waals surface area contributed by atoms with Crippen LogP contribution in [-0.4, -0.2) is 42.7 Å². The van der Waals surface area contributed by atoms with Crippen molar-refractivity contribution in [1.29, 1.82) is 0 Å². The molecule has 2 atom stereocenters. The van der Waals surface area contributed by atoms with Crippen molar-refractivity contribution in [2.24, 2.45) is 0 Å². The summed E-state index contributed by atoms with van der Waals surface area (Å²) < 4.78 is 22.7. The van der Waals surface area contributed by atoms with E-state index < -0.39 is 24.1 Å². The number of ether oxygens (including phenoxy) is 4. The van der Waals surface area contributed by atoms with Crippen LogP contribution in [0.1, 0.15) is 23.6 Å². The lowest BCUT2D eigenvalue weighted by Gasteiger charge is -2.31. The lowest BCUT2D eigenvalue weighted by molar-refractivity contribution is -0.156. The molecule has 3 aromatic rings. The first-order valence-electron chi connectivity index (χ1n) is 12.7. The van der Waals surface area contributed by atoms with Crippen LogP contribution in [0, 0.1) is 0 Å². The number of carbonyl (C=O) groups excluding carboxylic acids is 2. The van der Waals surface area contributed by atoms with E-state index in [1.54, 1.807) is 26.2 Å². The maximum Gasteiger partial charge on any atom is 0.354 e. The van der Waals surface area contributed by atoms with Crippen LogP contribution >= 0.6 is 0 Å². The Hall–Kier alpha value is -4.20. The van der Waals surface area contributed by atoms with Gasteiger partial charge in [0.15, 0.2) is 6.10 Å². The Morgan fingerprint density at radius 2 is 1.41 bits per heavy atom. The van der Waals surface area contributed by atoms with E-state index in [2.05, 4.69) is 13.2 Å². The fourth-order valence-electron chi connectivity index (χ4n) is 3.81. The van der Waals surface area contributed by atoms with Gasteiger partial charge in [-0.1, -0.05) is 85.5 Å². The summed E-state index contributed by atoms with van der Waals surface area (Å²) >= 11 is 0. The van der Waals surface area contributed by atoms with E-state index in [1.807, 2.05) is 72.8 Å². The molecule has 3 rings (SSSR count). The van der Waals surface area contributed by atoms with E-state index in [-0.39, 0.29) is 32.1 Å². The molecule has 0 saturated carbocycles. The van der Waals surface area contributed by atoms with Gasteiger partial charge in [0.05, 0.1) is 33.5 Å². The molecule has 1 amide bonds. The quantitative estimate of drug-likeness (QED) is 0.148. The second kappa shape index (κ2) is 15.3. The third kappa shape index (κ3) is 8.67. The van der Waals surface area contributed by atoms with Crippen molar-refractivity contribution in [3.05, 3.63) is 127 Å². The minimum atomic E-state index is -1.11. The number of carbonyl (C=O) groups is 2. The van der Waals surface area contributed by atoms with Crippen LogP contribution < -0.4 is 4.74 Å². The highest BCUT2D eigenvalue weighted by Crippen LogP contribution is 2.21. The first kappa shape index (κ1) is 29.4. The molecule has 0 aromatic heterocycles. The Labute approximate surface area is 230 Å². The number of hydrogen-bond acceptors (Lipinski definition) is 6. The van der Waals surface area contributed by atoms with Crippen LogP contribution in [0.5, 0.6) is 5.75 Å².